The first kappa shape index (κ1) is 8.22. The third-order valence-corrected chi connectivity index (χ3v) is 2.01. The van der Waals surface area contributed by atoms with Crippen LogP contribution in [0.5, 0.6) is 0 Å². The van der Waals surface area contributed by atoms with Crippen LogP contribution in [0.25, 0.3) is 0 Å². The number of hydrogen-bond donors (Lipinski definition) is 0. The summed E-state index contributed by atoms with van der Waals surface area (Å²) in [6, 6.07) is 0. The summed E-state index contributed by atoms with van der Waals surface area (Å²) in [6.07, 6.45) is 1.90. The van der Waals surface area contributed by atoms with Crippen molar-refractivity contribution in [3.05, 3.63) is 35.5 Å². The van der Waals surface area contributed by atoms with Crippen LogP contribution in [0, 0.1) is 5.41 Å². The topological polar surface area (TPSA) is 17.1 Å². The molecule has 68 valence electrons. The van der Waals surface area contributed by atoms with Crippen molar-refractivity contribution >= 4 is 5.78 Å². The van der Waals surface area contributed by atoms with E-state index < -0.39 is 34.5 Å². The van der Waals surface area contributed by atoms with Gasteiger partial charge in [-0.05, 0) is 0 Å². The highest BCUT2D eigenvalue weighted by molar-refractivity contribution is 6.07. The highest BCUT2D eigenvalue weighted by atomic mass is 19.2. The molecule has 0 saturated carbocycles. The van der Waals surface area contributed by atoms with Gasteiger partial charge in [-0.2, -0.15) is 8.78 Å². The number of halogens is 4. The predicted molar refractivity (Wildman–Crippen MR) is 35.1 cm³/mol. The molecular weight excluding hydrogens is 188 g/mol. The minimum atomic E-state index is -2.03. The van der Waals surface area contributed by atoms with Crippen LogP contribution in [0.3, 0.4) is 0 Å². The third-order valence-electron chi connectivity index (χ3n) is 2.01. The third kappa shape index (κ3) is 0.787. The molecule has 0 aromatic carbocycles. The fraction of sp³-hybridized carbons (Fsp3) is 0.125. The van der Waals surface area contributed by atoms with Crippen LogP contribution >= 0.6 is 0 Å². The van der Waals surface area contributed by atoms with Gasteiger partial charge < -0.3 is 0 Å². The fourth-order valence-electron chi connectivity index (χ4n) is 1.13. The summed E-state index contributed by atoms with van der Waals surface area (Å²) in [5, 5.41) is 0. The maximum Gasteiger partial charge on any atom is 0.255 e. The molecule has 0 atom stereocenters. The SMILES string of the molecule is O=C1C(F)=C(F)C2(C=C2)C(F)=C1F. The zero-order valence-electron chi connectivity index (χ0n) is 6.07. The summed E-state index contributed by atoms with van der Waals surface area (Å²) in [5.41, 5.74) is -2.03. The molecule has 13 heavy (non-hydrogen) atoms. The van der Waals surface area contributed by atoms with Gasteiger partial charge in [0.25, 0.3) is 5.78 Å². The van der Waals surface area contributed by atoms with Gasteiger partial charge in [0, 0.05) is 0 Å². The van der Waals surface area contributed by atoms with E-state index in [4.69, 9.17) is 0 Å². The van der Waals surface area contributed by atoms with Crippen LogP contribution in [0.15, 0.2) is 35.5 Å². The minimum Gasteiger partial charge on any atom is -0.283 e. The van der Waals surface area contributed by atoms with E-state index in [-0.39, 0.29) is 0 Å². The quantitative estimate of drug-likeness (QED) is 0.423. The molecule has 0 N–H and O–H groups in total. The lowest BCUT2D eigenvalue weighted by atomic mass is 9.93. The molecule has 0 aromatic heterocycles. The molecule has 0 bridgehead atoms. The first-order valence-corrected chi connectivity index (χ1v) is 3.37. The molecular formula is C8H2F4O. The van der Waals surface area contributed by atoms with Gasteiger partial charge in [0.05, 0.1) is 0 Å². The summed E-state index contributed by atoms with van der Waals surface area (Å²) in [7, 11) is 0. The highest BCUT2D eigenvalue weighted by Gasteiger charge is 2.53. The van der Waals surface area contributed by atoms with E-state index in [1.54, 1.807) is 0 Å². The Hall–Kier alpha value is -1.39. The van der Waals surface area contributed by atoms with Crippen LogP contribution in [0.4, 0.5) is 17.6 Å². The van der Waals surface area contributed by atoms with Gasteiger partial charge in [-0.1, -0.05) is 12.2 Å². The van der Waals surface area contributed by atoms with Gasteiger partial charge in [0.1, 0.15) is 5.41 Å². The molecule has 2 rings (SSSR count). The zero-order chi connectivity index (χ0) is 9.80. The molecule has 0 radical (unpaired) electrons. The number of carbonyl (C=O) groups is 1. The van der Waals surface area contributed by atoms with Gasteiger partial charge in [-0.3, -0.25) is 4.79 Å². The van der Waals surface area contributed by atoms with Gasteiger partial charge in [-0.25, -0.2) is 8.78 Å². The average Bonchev–Trinajstić information content (AvgIpc) is 2.91. The smallest absolute Gasteiger partial charge is 0.255 e. The molecule has 2 aliphatic carbocycles. The Kier molecular flexibility index (Phi) is 1.33. The van der Waals surface area contributed by atoms with Crippen molar-refractivity contribution in [3.8, 4) is 0 Å². The van der Waals surface area contributed by atoms with Crippen molar-refractivity contribution in [3.63, 3.8) is 0 Å². The number of ketones is 1. The molecule has 0 unspecified atom stereocenters. The van der Waals surface area contributed by atoms with E-state index in [0.717, 1.165) is 12.2 Å². The lowest BCUT2D eigenvalue weighted by Crippen LogP contribution is -2.19. The lowest BCUT2D eigenvalue weighted by molar-refractivity contribution is -0.115. The maximum absolute atomic E-state index is 12.9. The molecule has 0 saturated heterocycles. The van der Waals surface area contributed by atoms with Crippen molar-refractivity contribution in [2.75, 3.05) is 0 Å². The Morgan fingerprint density at radius 1 is 0.923 bits per heavy atom. The summed E-state index contributed by atoms with van der Waals surface area (Å²) < 4.78 is 51.0. The van der Waals surface area contributed by atoms with Gasteiger partial charge >= 0.3 is 0 Å². The molecule has 2 aliphatic rings. The number of hydrogen-bond acceptors (Lipinski definition) is 1. The minimum absolute atomic E-state index is 0.948. The molecule has 0 aromatic rings. The van der Waals surface area contributed by atoms with Crippen molar-refractivity contribution in [1.29, 1.82) is 0 Å². The maximum atomic E-state index is 12.9. The molecule has 0 aliphatic heterocycles. The Bertz CT molecular complexity index is 366. The van der Waals surface area contributed by atoms with E-state index in [0.29, 0.717) is 0 Å². The van der Waals surface area contributed by atoms with Gasteiger partial charge in [0.2, 0.25) is 11.7 Å². The Labute approximate surface area is 70.0 Å². The number of Topliss-reactive ketones (excluding diaryl/α,β-unsaturated/α-hetero) is 1. The molecule has 0 heterocycles. The summed E-state index contributed by atoms with van der Waals surface area (Å²) in [5.74, 6) is -8.73. The molecule has 0 amide bonds. The second kappa shape index (κ2) is 2.10. The predicted octanol–water partition coefficient (Wildman–Crippen LogP) is 2.43. The number of allylic oxidation sites excluding steroid dienone is 6. The Morgan fingerprint density at radius 3 is 1.62 bits per heavy atom. The normalized spacial score (nSPS) is 24.8. The van der Waals surface area contributed by atoms with E-state index in [9.17, 15) is 22.4 Å². The first-order chi connectivity index (χ1) is 6.00. The van der Waals surface area contributed by atoms with Crippen LogP contribution in [0.2, 0.25) is 0 Å². The van der Waals surface area contributed by atoms with Gasteiger partial charge in [0.15, 0.2) is 11.7 Å². The van der Waals surface area contributed by atoms with Crippen molar-refractivity contribution in [2.24, 2.45) is 5.41 Å². The summed E-state index contributed by atoms with van der Waals surface area (Å²) >= 11 is 0. The van der Waals surface area contributed by atoms with Crippen molar-refractivity contribution in [2.45, 2.75) is 0 Å². The fourth-order valence-corrected chi connectivity index (χ4v) is 1.13. The summed E-state index contributed by atoms with van der Waals surface area (Å²) in [4.78, 5) is 10.5. The van der Waals surface area contributed by atoms with Crippen molar-refractivity contribution in [1.82, 2.24) is 0 Å². The van der Waals surface area contributed by atoms with E-state index >= 15 is 0 Å². The highest BCUT2D eigenvalue weighted by Crippen LogP contribution is 2.55. The molecule has 5 heteroatoms. The summed E-state index contributed by atoms with van der Waals surface area (Å²) in [6.45, 7) is 0. The standard InChI is InChI=1S/C8H2F4O/c9-3-5(13)4(10)7(12)8(1-2-8)6(3)11/h1-2H. The van der Waals surface area contributed by atoms with Crippen LogP contribution < -0.4 is 0 Å². The van der Waals surface area contributed by atoms with Crippen molar-refractivity contribution < 1.29 is 22.4 Å². The zero-order valence-corrected chi connectivity index (χ0v) is 6.07. The molecule has 0 fully saturated rings. The largest absolute Gasteiger partial charge is 0.283 e. The lowest BCUT2D eigenvalue weighted by Gasteiger charge is -2.16. The molecule has 1 spiro atoms. The number of carbonyl (C=O) groups excluding carboxylic acids is 1. The second-order valence-corrected chi connectivity index (χ2v) is 2.79. The van der Waals surface area contributed by atoms with Crippen LogP contribution in [0.1, 0.15) is 0 Å². The van der Waals surface area contributed by atoms with E-state index in [2.05, 4.69) is 0 Å². The van der Waals surface area contributed by atoms with Gasteiger partial charge in [-0.15, -0.1) is 0 Å². The second-order valence-electron chi connectivity index (χ2n) is 2.79. The number of rotatable bonds is 0. The average molecular weight is 190 g/mol. The molecule has 1 nitrogen and oxygen atoms in total. The Balaban J connectivity index is 2.59. The monoisotopic (exact) mass is 190 g/mol. The van der Waals surface area contributed by atoms with Crippen LogP contribution in [-0.4, -0.2) is 5.78 Å². The van der Waals surface area contributed by atoms with E-state index in [1.165, 1.54) is 0 Å². The van der Waals surface area contributed by atoms with E-state index in [1.807, 2.05) is 0 Å². The van der Waals surface area contributed by atoms with Crippen LogP contribution in [-0.2, 0) is 4.79 Å². The first-order valence-electron chi connectivity index (χ1n) is 3.37. The Morgan fingerprint density at radius 2 is 1.31 bits per heavy atom.